The van der Waals surface area contributed by atoms with Crippen LogP contribution in [0.2, 0.25) is 0 Å². The molecule has 128 valence electrons. The third-order valence-corrected chi connectivity index (χ3v) is 5.37. The topological polar surface area (TPSA) is 58.2 Å². The van der Waals surface area contributed by atoms with E-state index in [4.69, 9.17) is 4.74 Å². The summed E-state index contributed by atoms with van der Waals surface area (Å²) >= 11 is 3.63. The molecule has 6 heteroatoms. The number of ether oxygens (including phenoxy) is 1. The highest BCUT2D eigenvalue weighted by atomic mass is 79.9. The number of rotatable bonds is 3. The number of aromatic amines is 1. The second-order valence-electron chi connectivity index (χ2n) is 6.23. The van der Waals surface area contributed by atoms with Gasteiger partial charge in [0, 0.05) is 17.6 Å². The predicted octanol–water partition coefficient (Wildman–Crippen LogP) is 3.25. The Kier molecular flexibility index (Phi) is 4.31. The van der Waals surface area contributed by atoms with Gasteiger partial charge in [0.2, 0.25) is 0 Å². The highest BCUT2D eigenvalue weighted by Gasteiger charge is 2.19. The van der Waals surface area contributed by atoms with Gasteiger partial charge in [0.1, 0.15) is 11.6 Å². The Hall–Kier alpha value is -2.18. The van der Waals surface area contributed by atoms with Gasteiger partial charge < -0.3 is 9.72 Å². The highest BCUT2D eigenvalue weighted by Crippen LogP contribution is 2.26. The van der Waals surface area contributed by atoms with Crippen LogP contribution < -0.4 is 10.3 Å². The quantitative estimate of drug-likeness (QED) is 0.734. The summed E-state index contributed by atoms with van der Waals surface area (Å²) < 4.78 is 6.36. The molecule has 0 atom stereocenters. The first-order valence-electron chi connectivity index (χ1n) is 8.19. The molecule has 0 saturated heterocycles. The molecule has 1 aliphatic rings. The summed E-state index contributed by atoms with van der Waals surface area (Å²) in [6, 6.07) is 11.7. The van der Waals surface area contributed by atoms with E-state index >= 15 is 0 Å². The zero-order chi connectivity index (χ0) is 17.4. The molecule has 5 nitrogen and oxygen atoms in total. The fourth-order valence-corrected chi connectivity index (χ4v) is 3.94. The number of H-pyrrole nitrogens is 1. The van der Waals surface area contributed by atoms with Gasteiger partial charge in [-0.05, 0) is 41.8 Å². The van der Waals surface area contributed by atoms with E-state index in [0.717, 1.165) is 19.5 Å². The number of benzene rings is 2. The van der Waals surface area contributed by atoms with Gasteiger partial charge in [-0.25, -0.2) is 4.98 Å². The Balaban J connectivity index is 1.60. The fourth-order valence-electron chi connectivity index (χ4n) is 3.34. The molecule has 4 rings (SSSR count). The third-order valence-electron chi connectivity index (χ3n) is 4.62. The largest absolute Gasteiger partial charge is 0.497 e. The summed E-state index contributed by atoms with van der Waals surface area (Å²) in [5.74, 6) is 1.35. The summed E-state index contributed by atoms with van der Waals surface area (Å²) in [6.07, 6.45) is 0.992. The molecule has 0 fully saturated rings. The van der Waals surface area contributed by atoms with Crippen molar-refractivity contribution in [3.63, 3.8) is 0 Å². The van der Waals surface area contributed by atoms with E-state index < -0.39 is 0 Å². The average Bonchev–Trinajstić information content (AvgIpc) is 2.62. The summed E-state index contributed by atoms with van der Waals surface area (Å²) in [5.41, 5.74) is 3.28. The minimum Gasteiger partial charge on any atom is -0.497 e. The number of hydrogen-bond donors (Lipinski definition) is 1. The highest BCUT2D eigenvalue weighted by molar-refractivity contribution is 9.10. The Morgan fingerprint density at radius 1 is 1.32 bits per heavy atom. The summed E-state index contributed by atoms with van der Waals surface area (Å²) in [5, 5.41) is 0.552. The Morgan fingerprint density at radius 2 is 2.20 bits per heavy atom. The Labute approximate surface area is 153 Å². The summed E-state index contributed by atoms with van der Waals surface area (Å²) in [6.45, 7) is 2.43. The van der Waals surface area contributed by atoms with Crippen LogP contribution in [0.25, 0.3) is 10.9 Å². The first kappa shape index (κ1) is 16.3. The van der Waals surface area contributed by atoms with Gasteiger partial charge in [-0.15, -0.1) is 0 Å². The number of halogens is 1. The number of hydrogen-bond acceptors (Lipinski definition) is 4. The van der Waals surface area contributed by atoms with E-state index in [2.05, 4.69) is 49.0 Å². The SMILES string of the molecule is COc1ccc2nc(CN3CCc4c(Br)cccc4C3)[nH]c(=O)c2c1. The number of aromatic nitrogens is 2. The summed E-state index contributed by atoms with van der Waals surface area (Å²) in [4.78, 5) is 22.2. The molecule has 1 N–H and O–H groups in total. The monoisotopic (exact) mass is 399 g/mol. The van der Waals surface area contributed by atoms with Crippen molar-refractivity contribution in [2.75, 3.05) is 13.7 Å². The van der Waals surface area contributed by atoms with Crippen molar-refractivity contribution in [2.45, 2.75) is 19.5 Å². The Bertz CT molecular complexity index is 1000. The molecule has 25 heavy (non-hydrogen) atoms. The van der Waals surface area contributed by atoms with Gasteiger partial charge in [-0.1, -0.05) is 28.1 Å². The number of methoxy groups -OCH3 is 1. The number of nitrogens with one attached hydrogen (secondary N) is 1. The van der Waals surface area contributed by atoms with Crippen molar-refractivity contribution in [3.8, 4) is 5.75 Å². The lowest BCUT2D eigenvalue weighted by Crippen LogP contribution is -2.31. The second-order valence-corrected chi connectivity index (χ2v) is 7.09. The van der Waals surface area contributed by atoms with Crippen LogP contribution in [0.3, 0.4) is 0 Å². The molecule has 0 spiro atoms. The predicted molar refractivity (Wildman–Crippen MR) is 101 cm³/mol. The zero-order valence-corrected chi connectivity index (χ0v) is 15.5. The van der Waals surface area contributed by atoms with E-state index in [-0.39, 0.29) is 5.56 Å². The first-order valence-corrected chi connectivity index (χ1v) is 8.99. The molecule has 1 aromatic heterocycles. The van der Waals surface area contributed by atoms with E-state index in [1.807, 2.05) is 12.1 Å². The molecule has 0 amide bonds. The molecule has 0 aliphatic carbocycles. The lowest BCUT2D eigenvalue weighted by atomic mass is 10.00. The van der Waals surface area contributed by atoms with Crippen LogP contribution in [-0.2, 0) is 19.5 Å². The zero-order valence-electron chi connectivity index (χ0n) is 13.9. The number of nitrogens with zero attached hydrogens (tertiary/aromatic N) is 2. The van der Waals surface area contributed by atoms with Gasteiger partial charge in [-0.3, -0.25) is 9.69 Å². The van der Waals surface area contributed by atoms with Crippen molar-refractivity contribution in [3.05, 3.63) is 68.2 Å². The van der Waals surface area contributed by atoms with Crippen LogP contribution in [-0.4, -0.2) is 28.5 Å². The van der Waals surface area contributed by atoms with Crippen LogP contribution >= 0.6 is 15.9 Å². The molecule has 2 heterocycles. The molecule has 3 aromatic rings. The van der Waals surface area contributed by atoms with Crippen LogP contribution in [0.15, 0.2) is 45.7 Å². The van der Waals surface area contributed by atoms with Crippen LogP contribution in [0.5, 0.6) is 5.75 Å². The molecular weight excluding hydrogens is 382 g/mol. The van der Waals surface area contributed by atoms with Gasteiger partial charge in [0.05, 0.1) is 24.6 Å². The minimum absolute atomic E-state index is 0.126. The average molecular weight is 400 g/mol. The van der Waals surface area contributed by atoms with Gasteiger partial charge in [0.25, 0.3) is 5.56 Å². The maximum Gasteiger partial charge on any atom is 0.258 e. The molecule has 0 radical (unpaired) electrons. The molecule has 0 unspecified atom stereocenters. The third kappa shape index (κ3) is 3.19. The van der Waals surface area contributed by atoms with Crippen molar-refractivity contribution in [1.29, 1.82) is 0 Å². The number of fused-ring (bicyclic) bond motifs is 2. The van der Waals surface area contributed by atoms with Gasteiger partial charge >= 0.3 is 0 Å². The van der Waals surface area contributed by atoms with E-state index in [1.54, 1.807) is 13.2 Å². The van der Waals surface area contributed by atoms with Gasteiger partial charge in [0.15, 0.2) is 0 Å². The normalized spacial score (nSPS) is 14.5. The van der Waals surface area contributed by atoms with Crippen molar-refractivity contribution >= 4 is 26.8 Å². The Morgan fingerprint density at radius 3 is 3.04 bits per heavy atom. The van der Waals surface area contributed by atoms with Crippen molar-refractivity contribution in [2.24, 2.45) is 0 Å². The van der Waals surface area contributed by atoms with Crippen LogP contribution in [0.1, 0.15) is 17.0 Å². The molecule has 0 bridgehead atoms. The maximum atomic E-state index is 12.4. The first-order chi connectivity index (χ1) is 12.1. The lowest BCUT2D eigenvalue weighted by molar-refractivity contribution is 0.239. The van der Waals surface area contributed by atoms with Crippen molar-refractivity contribution < 1.29 is 4.74 Å². The fraction of sp³-hybridized carbons (Fsp3) is 0.263. The van der Waals surface area contributed by atoms with Crippen molar-refractivity contribution in [1.82, 2.24) is 14.9 Å². The molecule has 0 saturated carbocycles. The van der Waals surface area contributed by atoms with E-state index in [9.17, 15) is 4.79 Å². The van der Waals surface area contributed by atoms with Crippen LogP contribution in [0, 0.1) is 0 Å². The maximum absolute atomic E-state index is 12.4. The van der Waals surface area contributed by atoms with Crippen LogP contribution in [0.4, 0.5) is 0 Å². The second kappa shape index (κ2) is 6.61. The molecular formula is C19H18BrN3O2. The molecule has 1 aliphatic heterocycles. The standard InChI is InChI=1S/C19H18BrN3O2/c1-25-13-5-6-17-15(9-13)19(24)22-18(21-17)11-23-8-7-14-12(10-23)3-2-4-16(14)20/h2-6,9H,7-8,10-11H2,1H3,(H,21,22,24). The minimum atomic E-state index is -0.126. The van der Waals surface area contributed by atoms with Gasteiger partial charge in [-0.2, -0.15) is 0 Å². The van der Waals surface area contributed by atoms with E-state index in [1.165, 1.54) is 15.6 Å². The smallest absolute Gasteiger partial charge is 0.258 e. The summed E-state index contributed by atoms with van der Waals surface area (Å²) in [7, 11) is 1.59. The molecule has 2 aromatic carbocycles. The van der Waals surface area contributed by atoms with E-state index in [0.29, 0.717) is 29.0 Å². The lowest BCUT2D eigenvalue weighted by Gasteiger charge is -2.28.